The minimum absolute atomic E-state index is 0.450. The molecular weight excluding hydrogens is 378 g/mol. The van der Waals surface area contributed by atoms with Gasteiger partial charge in [-0.15, -0.1) is 0 Å². The molecule has 0 saturated heterocycles. The van der Waals surface area contributed by atoms with Gasteiger partial charge < -0.3 is 15.2 Å². The van der Waals surface area contributed by atoms with E-state index in [0.29, 0.717) is 19.0 Å². The van der Waals surface area contributed by atoms with Crippen LogP contribution < -0.4 is 10.6 Å². The minimum Gasteiger partial charge on any atom is -0.359 e. The molecule has 0 fully saturated rings. The molecule has 160 valence electrons. The van der Waals surface area contributed by atoms with Gasteiger partial charge in [0.1, 0.15) is 11.6 Å². The second kappa shape index (κ2) is 10.6. The van der Waals surface area contributed by atoms with E-state index < -0.39 is 0 Å². The van der Waals surface area contributed by atoms with Crippen LogP contribution in [0.1, 0.15) is 62.4 Å². The van der Waals surface area contributed by atoms with Crippen molar-refractivity contribution in [3.05, 3.63) is 59.6 Å². The number of nitrogens with zero attached hydrogens (tertiary/aromatic N) is 5. The van der Waals surface area contributed by atoms with E-state index in [0.717, 1.165) is 54.0 Å². The van der Waals surface area contributed by atoms with E-state index in [9.17, 15) is 0 Å². The summed E-state index contributed by atoms with van der Waals surface area (Å²) < 4.78 is 7.44. The van der Waals surface area contributed by atoms with Gasteiger partial charge in [-0.05, 0) is 38.3 Å². The van der Waals surface area contributed by atoms with Crippen molar-refractivity contribution >= 4 is 5.96 Å². The van der Waals surface area contributed by atoms with Gasteiger partial charge in [-0.3, -0.25) is 4.57 Å². The van der Waals surface area contributed by atoms with Crippen LogP contribution in [0.4, 0.5) is 0 Å². The molecule has 0 aliphatic heterocycles. The van der Waals surface area contributed by atoms with E-state index in [1.54, 1.807) is 6.20 Å². The molecule has 2 N–H and O–H groups in total. The number of hydrogen-bond acceptors (Lipinski definition) is 5. The molecule has 0 bridgehead atoms. The van der Waals surface area contributed by atoms with E-state index in [1.807, 2.05) is 49.0 Å². The van der Waals surface area contributed by atoms with Crippen LogP contribution >= 0.6 is 0 Å². The molecule has 8 nitrogen and oxygen atoms in total. The third-order valence-electron chi connectivity index (χ3n) is 5.06. The lowest BCUT2D eigenvalue weighted by atomic mass is 9.99. The summed E-state index contributed by atoms with van der Waals surface area (Å²) in [6.45, 7) is 10.2. The Morgan fingerprint density at radius 1 is 1.17 bits per heavy atom. The van der Waals surface area contributed by atoms with Crippen molar-refractivity contribution in [2.24, 2.45) is 4.99 Å². The van der Waals surface area contributed by atoms with Gasteiger partial charge in [0.25, 0.3) is 0 Å². The highest BCUT2D eigenvalue weighted by Gasteiger charge is 2.13. The largest absolute Gasteiger partial charge is 0.359 e. The highest BCUT2D eigenvalue weighted by Crippen LogP contribution is 2.22. The Kier molecular flexibility index (Phi) is 7.59. The number of guanidine groups is 1. The maximum Gasteiger partial charge on any atom is 0.191 e. The van der Waals surface area contributed by atoms with Crippen LogP contribution in [-0.4, -0.2) is 32.2 Å². The number of rotatable bonds is 9. The van der Waals surface area contributed by atoms with Crippen molar-refractivity contribution in [2.45, 2.75) is 59.5 Å². The Morgan fingerprint density at radius 3 is 2.63 bits per heavy atom. The number of pyridine rings is 1. The van der Waals surface area contributed by atoms with E-state index in [1.165, 1.54) is 0 Å². The Balaban J connectivity index is 1.60. The summed E-state index contributed by atoms with van der Waals surface area (Å²) >= 11 is 0. The number of aromatic nitrogens is 4. The van der Waals surface area contributed by atoms with Gasteiger partial charge in [0.05, 0.1) is 18.8 Å². The molecular formula is C22H31N7O. The fourth-order valence-corrected chi connectivity index (χ4v) is 3.27. The van der Waals surface area contributed by atoms with Crippen molar-refractivity contribution in [2.75, 3.05) is 6.54 Å². The molecule has 0 amide bonds. The third-order valence-corrected chi connectivity index (χ3v) is 5.06. The summed E-state index contributed by atoms with van der Waals surface area (Å²) in [6, 6.07) is 6.05. The lowest BCUT2D eigenvalue weighted by Gasteiger charge is -2.10. The first kappa shape index (κ1) is 21.5. The summed E-state index contributed by atoms with van der Waals surface area (Å²) in [5.41, 5.74) is 2.06. The van der Waals surface area contributed by atoms with E-state index >= 15 is 0 Å². The molecule has 3 aromatic rings. The molecule has 0 aliphatic carbocycles. The van der Waals surface area contributed by atoms with Gasteiger partial charge in [0.2, 0.25) is 0 Å². The van der Waals surface area contributed by atoms with Gasteiger partial charge in [0.15, 0.2) is 11.7 Å². The van der Waals surface area contributed by atoms with Gasteiger partial charge in [-0.25, -0.2) is 15.0 Å². The Morgan fingerprint density at radius 2 is 2.00 bits per heavy atom. The zero-order valence-electron chi connectivity index (χ0n) is 18.2. The standard InChI is InChI=1S/C22H31N7O/c1-5-18(6-2)20-12-19(30-28-20)15-27-22(23-7-3)26-14-17-8-9-21(25-13-17)29-11-10-24-16(29)4/h8-13,18H,5-7,14-15H2,1-4H3,(H2,23,26,27). The van der Waals surface area contributed by atoms with Gasteiger partial charge >= 0.3 is 0 Å². The lowest BCUT2D eigenvalue weighted by Crippen LogP contribution is -2.36. The summed E-state index contributed by atoms with van der Waals surface area (Å²) in [5, 5.41) is 10.8. The molecule has 3 rings (SSSR count). The fourth-order valence-electron chi connectivity index (χ4n) is 3.27. The van der Waals surface area contributed by atoms with E-state index in [-0.39, 0.29) is 0 Å². The van der Waals surface area contributed by atoms with Gasteiger partial charge in [-0.2, -0.15) is 0 Å². The highest BCUT2D eigenvalue weighted by molar-refractivity contribution is 5.79. The molecule has 8 heteroatoms. The van der Waals surface area contributed by atoms with Crippen LogP contribution in [0.15, 0.2) is 46.3 Å². The highest BCUT2D eigenvalue weighted by atomic mass is 16.5. The molecule has 30 heavy (non-hydrogen) atoms. The fraction of sp³-hybridized carbons (Fsp3) is 0.455. The number of aliphatic imine (C=N–C) groups is 1. The van der Waals surface area contributed by atoms with Crippen molar-refractivity contribution in [3.8, 4) is 5.82 Å². The molecule has 0 spiro atoms. The van der Waals surface area contributed by atoms with Gasteiger partial charge in [-0.1, -0.05) is 25.1 Å². The monoisotopic (exact) mass is 409 g/mol. The smallest absolute Gasteiger partial charge is 0.191 e. The maximum absolute atomic E-state index is 5.49. The van der Waals surface area contributed by atoms with Crippen molar-refractivity contribution < 1.29 is 4.52 Å². The molecule has 3 heterocycles. The second-order valence-corrected chi connectivity index (χ2v) is 7.15. The first-order chi connectivity index (χ1) is 14.6. The molecule has 0 aromatic carbocycles. The minimum atomic E-state index is 0.450. The SMILES string of the molecule is CCNC(=NCc1ccc(-n2ccnc2C)nc1)NCc1cc(C(CC)CC)no1. The Bertz CT molecular complexity index is 939. The topological polar surface area (TPSA) is 93.2 Å². The number of nitrogens with one attached hydrogen (secondary N) is 2. The van der Waals surface area contributed by atoms with E-state index in [4.69, 9.17) is 4.52 Å². The summed E-state index contributed by atoms with van der Waals surface area (Å²) in [5.74, 6) is 3.75. The van der Waals surface area contributed by atoms with Crippen LogP contribution in [0, 0.1) is 6.92 Å². The maximum atomic E-state index is 5.49. The summed E-state index contributed by atoms with van der Waals surface area (Å²) in [6.07, 6.45) is 7.65. The first-order valence-electron chi connectivity index (χ1n) is 10.6. The third kappa shape index (κ3) is 5.46. The lowest BCUT2D eigenvalue weighted by molar-refractivity contribution is 0.368. The predicted molar refractivity (Wildman–Crippen MR) is 118 cm³/mol. The number of hydrogen-bond donors (Lipinski definition) is 2. The Labute approximate surface area is 177 Å². The quantitative estimate of drug-likeness (QED) is 0.413. The predicted octanol–water partition coefficient (Wildman–Crippen LogP) is 3.72. The van der Waals surface area contributed by atoms with Crippen molar-refractivity contribution in [1.29, 1.82) is 0 Å². The van der Waals surface area contributed by atoms with Crippen LogP contribution in [0.2, 0.25) is 0 Å². The van der Waals surface area contributed by atoms with Crippen LogP contribution in [0.25, 0.3) is 5.82 Å². The number of imidazole rings is 1. The normalized spacial score (nSPS) is 11.8. The summed E-state index contributed by atoms with van der Waals surface area (Å²) in [4.78, 5) is 13.4. The Hall–Kier alpha value is -3.16. The van der Waals surface area contributed by atoms with Crippen molar-refractivity contribution in [3.63, 3.8) is 0 Å². The second-order valence-electron chi connectivity index (χ2n) is 7.15. The first-order valence-corrected chi connectivity index (χ1v) is 10.6. The molecule has 0 atom stereocenters. The zero-order valence-corrected chi connectivity index (χ0v) is 18.2. The molecule has 0 saturated carbocycles. The van der Waals surface area contributed by atoms with Crippen molar-refractivity contribution in [1.82, 2.24) is 30.3 Å². The molecule has 3 aromatic heterocycles. The average molecular weight is 410 g/mol. The van der Waals surface area contributed by atoms with E-state index in [2.05, 4.69) is 44.6 Å². The zero-order chi connectivity index (χ0) is 21.3. The molecule has 0 aliphatic rings. The summed E-state index contributed by atoms with van der Waals surface area (Å²) in [7, 11) is 0. The van der Waals surface area contributed by atoms with Crippen LogP contribution in [-0.2, 0) is 13.1 Å². The van der Waals surface area contributed by atoms with Crippen LogP contribution in [0.5, 0.6) is 0 Å². The molecule has 0 unspecified atom stereocenters. The van der Waals surface area contributed by atoms with Gasteiger partial charge in [0, 0.05) is 37.1 Å². The average Bonchev–Trinajstić information content (AvgIpc) is 3.41. The molecule has 0 radical (unpaired) electrons. The van der Waals surface area contributed by atoms with Crippen LogP contribution in [0.3, 0.4) is 0 Å². The number of aryl methyl sites for hydroxylation is 1.